The first-order chi connectivity index (χ1) is 12.9. The van der Waals surface area contributed by atoms with Gasteiger partial charge in [0, 0.05) is 37.1 Å². The summed E-state index contributed by atoms with van der Waals surface area (Å²) in [4.78, 5) is 22.0. The minimum atomic E-state index is -0.922. The van der Waals surface area contributed by atoms with Crippen molar-refractivity contribution in [3.63, 3.8) is 0 Å². The van der Waals surface area contributed by atoms with Gasteiger partial charge in [-0.15, -0.1) is 11.3 Å². The quantitative estimate of drug-likeness (QED) is 0.874. The summed E-state index contributed by atoms with van der Waals surface area (Å²) in [6, 6.07) is 8.10. The zero-order valence-corrected chi connectivity index (χ0v) is 16.8. The van der Waals surface area contributed by atoms with Crippen molar-refractivity contribution in [2.75, 3.05) is 31.1 Å². The second kappa shape index (κ2) is 7.24. The lowest BCUT2D eigenvalue weighted by Gasteiger charge is -2.23. The summed E-state index contributed by atoms with van der Waals surface area (Å²) in [6.07, 6.45) is 3.33. The Bertz CT molecular complexity index is 823. The van der Waals surface area contributed by atoms with Gasteiger partial charge in [-0.25, -0.2) is 4.98 Å². The Labute approximate surface area is 164 Å². The molecule has 144 valence electrons. The Morgan fingerprint density at radius 3 is 2.67 bits per heavy atom. The number of aromatic nitrogens is 1. The van der Waals surface area contributed by atoms with Crippen LogP contribution < -0.4 is 4.90 Å². The van der Waals surface area contributed by atoms with Gasteiger partial charge in [0.25, 0.3) is 5.91 Å². The lowest BCUT2D eigenvalue weighted by atomic mass is 10.0. The summed E-state index contributed by atoms with van der Waals surface area (Å²) in [5.41, 5.74) is 1.89. The Balaban J connectivity index is 1.46. The molecule has 1 amide bonds. The number of thiazole rings is 1. The Kier molecular flexibility index (Phi) is 4.95. The number of hydrogen-bond acceptors (Lipinski definition) is 5. The first kappa shape index (κ1) is 18.4. The van der Waals surface area contributed by atoms with Crippen molar-refractivity contribution < 1.29 is 9.90 Å². The number of amides is 1. The number of rotatable bonds is 4. The Morgan fingerprint density at radius 1 is 1.19 bits per heavy atom. The van der Waals surface area contributed by atoms with Crippen LogP contribution in [0.3, 0.4) is 0 Å². The molecule has 1 aliphatic heterocycles. The molecule has 2 aliphatic rings. The van der Waals surface area contributed by atoms with E-state index >= 15 is 0 Å². The van der Waals surface area contributed by atoms with E-state index in [-0.39, 0.29) is 5.91 Å². The molecule has 1 saturated heterocycles. The maximum atomic E-state index is 13.1. The van der Waals surface area contributed by atoms with E-state index in [4.69, 9.17) is 0 Å². The third-order valence-electron chi connectivity index (χ3n) is 5.38. The monoisotopic (exact) mass is 385 g/mol. The van der Waals surface area contributed by atoms with Gasteiger partial charge in [0.2, 0.25) is 0 Å². The highest BCUT2D eigenvalue weighted by Crippen LogP contribution is 2.41. The largest absolute Gasteiger partial charge is 0.384 e. The first-order valence-corrected chi connectivity index (χ1v) is 10.6. The average molecular weight is 386 g/mol. The lowest BCUT2D eigenvalue weighted by Crippen LogP contribution is -2.35. The van der Waals surface area contributed by atoms with Gasteiger partial charge in [0.1, 0.15) is 5.60 Å². The summed E-state index contributed by atoms with van der Waals surface area (Å²) < 4.78 is 0. The van der Waals surface area contributed by atoms with E-state index in [0.29, 0.717) is 18.2 Å². The van der Waals surface area contributed by atoms with Crippen molar-refractivity contribution in [1.82, 2.24) is 9.88 Å². The zero-order valence-electron chi connectivity index (χ0n) is 16.0. The standard InChI is InChI=1S/C21H27N3O2S/c1-21(2,26)18-14-27-20(22-18)24-11-5-10-23(12-13-24)19(25)17-7-4-3-6-16(17)15-8-9-15/h3-4,6-7,14-15,26H,5,8-13H2,1-2H3. The van der Waals surface area contributed by atoms with E-state index in [0.717, 1.165) is 36.8 Å². The van der Waals surface area contributed by atoms with Crippen LogP contribution in [0.25, 0.3) is 0 Å². The Morgan fingerprint density at radius 2 is 1.96 bits per heavy atom. The SMILES string of the molecule is CC(C)(O)c1csc(N2CCCN(C(=O)c3ccccc3C3CC3)CC2)n1. The highest BCUT2D eigenvalue weighted by Gasteiger charge is 2.30. The number of nitrogens with zero attached hydrogens (tertiary/aromatic N) is 3. The van der Waals surface area contributed by atoms with Crippen molar-refractivity contribution in [2.24, 2.45) is 0 Å². The van der Waals surface area contributed by atoms with E-state index in [9.17, 15) is 9.90 Å². The van der Waals surface area contributed by atoms with E-state index in [1.54, 1.807) is 25.2 Å². The molecule has 0 unspecified atom stereocenters. The molecule has 1 saturated carbocycles. The molecule has 2 aromatic rings. The molecule has 1 N–H and O–H groups in total. The minimum absolute atomic E-state index is 0.163. The number of carbonyl (C=O) groups excluding carboxylic acids is 1. The van der Waals surface area contributed by atoms with Crippen molar-refractivity contribution >= 4 is 22.4 Å². The van der Waals surface area contributed by atoms with Gasteiger partial charge < -0.3 is 14.9 Å². The van der Waals surface area contributed by atoms with Crippen LogP contribution in [0.1, 0.15) is 60.6 Å². The van der Waals surface area contributed by atoms with E-state index in [1.165, 1.54) is 18.4 Å². The van der Waals surface area contributed by atoms with Crippen LogP contribution in [0.5, 0.6) is 0 Å². The van der Waals surface area contributed by atoms with Crippen molar-refractivity contribution in [3.8, 4) is 0 Å². The molecule has 5 nitrogen and oxygen atoms in total. The fourth-order valence-electron chi connectivity index (χ4n) is 3.61. The minimum Gasteiger partial charge on any atom is -0.384 e. The second-order valence-corrected chi connectivity index (χ2v) is 8.91. The summed E-state index contributed by atoms with van der Waals surface area (Å²) in [7, 11) is 0. The Hall–Kier alpha value is -1.92. The molecular weight excluding hydrogens is 358 g/mol. The van der Waals surface area contributed by atoms with E-state index in [2.05, 4.69) is 16.0 Å². The zero-order chi connectivity index (χ0) is 19.0. The topological polar surface area (TPSA) is 56.7 Å². The van der Waals surface area contributed by atoms with Crippen LogP contribution >= 0.6 is 11.3 Å². The molecule has 0 bridgehead atoms. The van der Waals surface area contributed by atoms with Crippen molar-refractivity contribution in [3.05, 3.63) is 46.5 Å². The smallest absolute Gasteiger partial charge is 0.254 e. The summed E-state index contributed by atoms with van der Waals surface area (Å²) in [5.74, 6) is 0.736. The first-order valence-electron chi connectivity index (χ1n) is 9.75. The van der Waals surface area contributed by atoms with Gasteiger partial charge in [-0.1, -0.05) is 18.2 Å². The molecule has 6 heteroatoms. The summed E-state index contributed by atoms with van der Waals surface area (Å²) in [6.45, 7) is 6.65. The van der Waals surface area contributed by atoms with Crippen LogP contribution in [-0.2, 0) is 5.60 Å². The van der Waals surface area contributed by atoms with E-state index < -0.39 is 5.60 Å². The third-order valence-corrected chi connectivity index (χ3v) is 6.28. The van der Waals surface area contributed by atoms with Crippen LogP contribution in [-0.4, -0.2) is 47.1 Å². The summed E-state index contributed by atoms with van der Waals surface area (Å²) >= 11 is 1.56. The number of aliphatic hydroxyl groups is 1. The number of carbonyl (C=O) groups is 1. The molecule has 4 rings (SSSR count). The van der Waals surface area contributed by atoms with Gasteiger partial charge in [-0.3, -0.25) is 4.79 Å². The molecule has 0 atom stereocenters. The number of hydrogen-bond donors (Lipinski definition) is 1. The molecule has 2 fully saturated rings. The maximum absolute atomic E-state index is 13.1. The van der Waals surface area contributed by atoms with Gasteiger partial charge in [0.05, 0.1) is 5.69 Å². The fraction of sp³-hybridized carbons (Fsp3) is 0.524. The highest BCUT2D eigenvalue weighted by atomic mass is 32.1. The molecule has 0 spiro atoms. The number of anilines is 1. The van der Waals surface area contributed by atoms with Gasteiger partial charge in [-0.2, -0.15) is 0 Å². The maximum Gasteiger partial charge on any atom is 0.254 e. The van der Waals surface area contributed by atoms with Crippen molar-refractivity contribution in [1.29, 1.82) is 0 Å². The second-order valence-electron chi connectivity index (χ2n) is 8.07. The molecule has 1 aromatic heterocycles. The van der Waals surface area contributed by atoms with Gasteiger partial charge in [0.15, 0.2) is 5.13 Å². The van der Waals surface area contributed by atoms with Gasteiger partial charge in [-0.05, 0) is 50.7 Å². The predicted molar refractivity (Wildman–Crippen MR) is 109 cm³/mol. The van der Waals surface area contributed by atoms with Crippen LogP contribution in [0.4, 0.5) is 5.13 Å². The molecule has 1 aliphatic carbocycles. The number of benzene rings is 1. The average Bonchev–Trinajstić information content (AvgIpc) is 3.42. The summed E-state index contributed by atoms with van der Waals surface area (Å²) in [5, 5.41) is 13.0. The third kappa shape index (κ3) is 4.01. The fourth-order valence-corrected chi connectivity index (χ4v) is 4.66. The molecule has 0 radical (unpaired) electrons. The van der Waals surface area contributed by atoms with Crippen LogP contribution in [0.15, 0.2) is 29.6 Å². The van der Waals surface area contributed by atoms with Crippen molar-refractivity contribution in [2.45, 2.75) is 44.6 Å². The highest BCUT2D eigenvalue weighted by molar-refractivity contribution is 7.13. The normalized spacial score (nSPS) is 18.5. The molecule has 2 heterocycles. The van der Waals surface area contributed by atoms with Crippen LogP contribution in [0, 0.1) is 0 Å². The lowest BCUT2D eigenvalue weighted by molar-refractivity contribution is 0.0745. The van der Waals surface area contributed by atoms with E-state index in [1.807, 2.05) is 28.5 Å². The van der Waals surface area contributed by atoms with Gasteiger partial charge >= 0.3 is 0 Å². The van der Waals surface area contributed by atoms with Crippen LogP contribution in [0.2, 0.25) is 0 Å². The molecular formula is C21H27N3O2S. The molecule has 27 heavy (non-hydrogen) atoms. The molecule has 1 aromatic carbocycles. The predicted octanol–water partition coefficient (Wildman–Crippen LogP) is 3.60.